The van der Waals surface area contributed by atoms with Crippen molar-refractivity contribution in [1.29, 1.82) is 0 Å². The van der Waals surface area contributed by atoms with Crippen molar-refractivity contribution < 1.29 is 25.2 Å². The predicted octanol–water partition coefficient (Wildman–Crippen LogP) is 15.8. The summed E-state index contributed by atoms with van der Waals surface area (Å²) in [5.41, 5.74) is 0. The Hall–Kier alpha value is -1.73. The van der Waals surface area contributed by atoms with Crippen LogP contribution in [0, 0.1) is 0 Å². The number of unbranched alkanes of at least 4 members (excludes halogenated alkanes) is 33. The van der Waals surface area contributed by atoms with Gasteiger partial charge in [-0.2, -0.15) is 0 Å². The van der Waals surface area contributed by atoms with Crippen molar-refractivity contribution in [3.63, 3.8) is 0 Å². The average Bonchev–Trinajstić information content (AvgIpc) is 3.29. The van der Waals surface area contributed by atoms with Crippen LogP contribution in [0.5, 0.6) is 0 Å². The van der Waals surface area contributed by atoms with Crippen molar-refractivity contribution in [2.24, 2.45) is 0 Å². The molecule has 4 unspecified atom stereocenters. The molecule has 0 aromatic heterocycles. The van der Waals surface area contributed by atoms with Gasteiger partial charge < -0.3 is 25.7 Å². The molecular formula is C57H107NO5. The van der Waals surface area contributed by atoms with E-state index >= 15 is 0 Å². The van der Waals surface area contributed by atoms with Crippen molar-refractivity contribution in [3.8, 4) is 0 Å². The SMILES string of the molecule is CCCCCCCCCCCCCC/C=C\CCCCCCCCC(O)C(=O)NC(CO)C(O)C(O)CCC/C=C/CC/C=C/CC/C=C/CCCCCCCCCCCCCC. The molecular weight excluding hydrogens is 779 g/mol. The van der Waals surface area contributed by atoms with Crippen LogP contribution in [0.15, 0.2) is 48.6 Å². The van der Waals surface area contributed by atoms with Gasteiger partial charge in [0.1, 0.15) is 12.2 Å². The summed E-state index contributed by atoms with van der Waals surface area (Å²) in [6.45, 7) is 4.06. The van der Waals surface area contributed by atoms with E-state index in [1.807, 2.05) is 0 Å². The molecule has 63 heavy (non-hydrogen) atoms. The van der Waals surface area contributed by atoms with E-state index in [4.69, 9.17) is 0 Å². The van der Waals surface area contributed by atoms with Crippen molar-refractivity contribution in [1.82, 2.24) is 5.32 Å². The molecule has 370 valence electrons. The lowest BCUT2D eigenvalue weighted by Crippen LogP contribution is -2.53. The van der Waals surface area contributed by atoms with Gasteiger partial charge in [0, 0.05) is 0 Å². The van der Waals surface area contributed by atoms with Crippen LogP contribution in [0.3, 0.4) is 0 Å². The number of allylic oxidation sites excluding steroid dienone is 8. The van der Waals surface area contributed by atoms with Gasteiger partial charge in [-0.05, 0) is 89.9 Å². The van der Waals surface area contributed by atoms with E-state index < -0.39 is 36.9 Å². The Bertz CT molecular complexity index is 1040. The van der Waals surface area contributed by atoms with Gasteiger partial charge in [-0.3, -0.25) is 4.79 Å². The Morgan fingerprint density at radius 1 is 0.381 bits per heavy atom. The molecule has 6 heteroatoms. The van der Waals surface area contributed by atoms with E-state index in [0.29, 0.717) is 19.3 Å². The Morgan fingerprint density at radius 3 is 1.00 bits per heavy atom. The second-order valence-corrected chi connectivity index (χ2v) is 18.9. The molecule has 1 amide bonds. The molecule has 0 aromatic carbocycles. The highest BCUT2D eigenvalue weighted by molar-refractivity contribution is 5.80. The Kier molecular flexibility index (Phi) is 49.8. The summed E-state index contributed by atoms with van der Waals surface area (Å²) >= 11 is 0. The van der Waals surface area contributed by atoms with Crippen molar-refractivity contribution in [2.75, 3.05) is 6.61 Å². The van der Waals surface area contributed by atoms with Crippen molar-refractivity contribution >= 4 is 5.91 Å². The molecule has 4 atom stereocenters. The Labute approximate surface area is 391 Å². The average molecular weight is 886 g/mol. The standard InChI is InChI=1S/C57H107NO5/c1-3-5-7-9-11-13-15-17-19-21-23-25-27-28-29-31-32-34-36-38-40-42-44-46-48-50-54(60)56(62)53(52-59)58-57(63)55(61)51-49-47-45-43-41-39-37-35-33-30-26-24-22-20-18-16-14-12-10-8-6-4-2/h28-29,33-36,42,44,53-56,59-62H,3-27,30-32,37-41,43,45-52H2,1-2H3,(H,58,63)/b29-28+,35-33-,36-34+,44-42+. The summed E-state index contributed by atoms with van der Waals surface area (Å²) in [5, 5.41) is 43.9. The van der Waals surface area contributed by atoms with Crippen LogP contribution < -0.4 is 5.32 Å². The molecule has 6 nitrogen and oxygen atoms in total. The fourth-order valence-corrected chi connectivity index (χ4v) is 8.37. The summed E-state index contributed by atoms with van der Waals surface area (Å²) in [7, 11) is 0. The van der Waals surface area contributed by atoms with E-state index in [9.17, 15) is 25.2 Å². The van der Waals surface area contributed by atoms with E-state index in [1.165, 1.54) is 180 Å². The highest BCUT2D eigenvalue weighted by atomic mass is 16.3. The highest BCUT2D eigenvalue weighted by Gasteiger charge is 2.28. The fourth-order valence-electron chi connectivity index (χ4n) is 8.37. The Balaban J connectivity index is 3.74. The lowest BCUT2D eigenvalue weighted by Gasteiger charge is -2.27. The summed E-state index contributed by atoms with van der Waals surface area (Å²) in [5.74, 6) is -0.603. The summed E-state index contributed by atoms with van der Waals surface area (Å²) in [6, 6.07) is -1.02. The van der Waals surface area contributed by atoms with Crippen LogP contribution in [-0.2, 0) is 4.79 Å². The Morgan fingerprint density at radius 2 is 0.667 bits per heavy atom. The third kappa shape index (κ3) is 45.2. The van der Waals surface area contributed by atoms with Gasteiger partial charge in [-0.15, -0.1) is 0 Å². The summed E-state index contributed by atoms with van der Waals surface area (Å²) < 4.78 is 0. The molecule has 0 spiro atoms. The number of aliphatic hydroxyl groups excluding tert-OH is 4. The van der Waals surface area contributed by atoms with Crippen LogP contribution in [-0.4, -0.2) is 57.3 Å². The number of rotatable bonds is 50. The van der Waals surface area contributed by atoms with Crippen LogP contribution >= 0.6 is 0 Å². The number of hydrogen-bond donors (Lipinski definition) is 5. The first-order valence-electron chi connectivity index (χ1n) is 27.5. The minimum atomic E-state index is -1.30. The van der Waals surface area contributed by atoms with Crippen molar-refractivity contribution in [2.45, 2.75) is 301 Å². The number of aliphatic hydroxyl groups is 4. The molecule has 0 heterocycles. The van der Waals surface area contributed by atoms with Crippen LogP contribution in [0.1, 0.15) is 277 Å². The zero-order valence-corrected chi connectivity index (χ0v) is 41.8. The molecule has 0 radical (unpaired) electrons. The minimum Gasteiger partial charge on any atom is -0.394 e. The van der Waals surface area contributed by atoms with Crippen LogP contribution in [0.4, 0.5) is 0 Å². The minimum absolute atomic E-state index is 0.351. The first-order valence-corrected chi connectivity index (χ1v) is 27.5. The monoisotopic (exact) mass is 886 g/mol. The molecule has 0 aliphatic carbocycles. The first-order chi connectivity index (χ1) is 31.0. The van der Waals surface area contributed by atoms with Gasteiger partial charge in [0.05, 0.1) is 18.8 Å². The predicted molar refractivity (Wildman–Crippen MR) is 274 cm³/mol. The largest absolute Gasteiger partial charge is 0.394 e. The third-order valence-electron chi connectivity index (χ3n) is 12.7. The third-order valence-corrected chi connectivity index (χ3v) is 12.7. The maximum absolute atomic E-state index is 12.6. The maximum atomic E-state index is 12.6. The summed E-state index contributed by atoms with van der Waals surface area (Å²) in [6.07, 6.45) is 64.6. The number of amides is 1. The number of hydrogen-bond acceptors (Lipinski definition) is 5. The topological polar surface area (TPSA) is 110 Å². The first kappa shape index (κ1) is 61.3. The van der Waals surface area contributed by atoms with Gasteiger partial charge >= 0.3 is 0 Å². The number of nitrogens with one attached hydrogen (secondary N) is 1. The molecule has 0 aliphatic heterocycles. The molecule has 0 rings (SSSR count). The summed E-state index contributed by atoms with van der Waals surface area (Å²) in [4.78, 5) is 12.6. The molecule has 5 N–H and O–H groups in total. The van der Waals surface area contributed by atoms with Gasteiger partial charge in [0.15, 0.2) is 0 Å². The van der Waals surface area contributed by atoms with Gasteiger partial charge in [-0.1, -0.05) is 236 Å². The molecule has 0 saturated carbocycles. The molecule has 0 bridgehead atoms. The van der Waals surface area contributed by atoms with E-state index in [0.717, 1.165) is 64.2 Å². The van der Waals surface area contributed by atoms with Crippen molar-refractivity contribution in [3.05, 3.63) is 48.6 Å². The van der Waals surface area contributed by atoms with Crippen LogP contribution in [0.2, 0.25) is 0 Å². The second kappa shape index (κ2) is 51.3. The zero-order valence-electron chi connectivity index (χ0n) is 41.8. The van der Waals surface area contributed by atoms with Crippen LogP contribution in [0.25, 0.3) is 0 Å². The molecule has 0 fully saturated rings. The van der Waals surface area contributed by atoms with Gasteiger partial charge in [0.2, 0.25) is 5.91 Å². The van der Waals surface area contributed by atoms with E-state index in [-0.39, 0.29) is 0 Å². The lowest BCUT2D eigenvalue weighted by molar-refractivity contribution is -0.132. The highest BCUT2D eigenvalue weighted by Crippen LogP contribution is 2.16. The zero-order chi connectivity index (χ0) is 45.9. The fraction of sp³-hybridized carbons (Fsp3) is 0.842. The maximum Gasteiger partial charge on any atom is 0.249 e. The smallest absolute Gasteiger partial charge is 0.249 e. The van der Waals surface area contributed by atoms with Gasteiger partial charge in [-0.25, -0.2) is 0 Å². The van der Waals surface area contributed by atoms with E-state index in [1.54, 1.807) is 0 Å². The molecule has 0 aliphatic rings. The van der Waals surface area contributed by atoms with E-state index in [2.05, 4.69) is 67.8 Å². The molecule has 0 aromatic rings. The lowest BCUT2D eigenvalue weighted by atomic mass is 10.00. The molecule has 0 saturated heterocycles. The van der Waals surface area contributed by atoms with Gasteiger partial charge in [0.25, 0.3) is 0 Å². The quantitative estimate of drug-likeness (QED) is 0.0309. The number of carbonyl (C=O) groups is 1. The normalized spacial score (nSPS) is 14.2. The second-order valence-electron chi connectivity index (χ2n) is 18.9. The number of carbonyl (C=O) groups excluding carboxylic acids is 1.